The number of hydrogen-bond acceptors (Lipinski definition) is 4. The molecular weight excluding hydrogens is 376 g/mol. The summed E-state index contributed by atoms with van der Waals surface area (Å²) in [5, 5.41) is 3.25. The van der Waals surface area contributed by atoms with Crippen LogP contribution in [0.4, 0.5) is 0 Å². The smallest absolute Gasteiger partial charge is 0.220 e. The van der Waals surface area contributed by atoms with Gasteiger partial charge in [0.25, 0.3) is 0 Å². The van der Waals surface area contributed by atoms with Gasteiger partial charge in [-0.15, -0.1) is 0 Å². The van der Waals surface area contributed by atoms with E-state index in [-0.39, 0.29) is 18.0 Å². The number of carbonyl (C=O) groups excluding carboxylic acids is 1. The molecule has 1 aliphatic rings. The van der Waals surface area contributed by atoms with Crippen LogP contribution in [0.3, 0.4) is 0 Å². The highest BCUT2D eigenvalue weighted by Gasteiger charge is 2.33. The molecule has 162 valence electrons. The van der Waals surface area contributed by atoms with Gasteiger partial charge in [0.05, 0.1) is 20.3 Å². The van der Waals surface area contributed by atoms with Crippen LogP contribution in [-0.2, 0) is 17.8 Å². The summed E-state index contributed by atoms with van der Waals surface area (Å²) in [5.74, 6) is 1.91. The number of rotatable bonds is 8. The summed E-state index contributed by atoms with van der Waals surface area (Å²) in [5.41, 5.74) is 3.73. The van der Waals surface area contributed by atoms with Crippen molar-refractivity contribution in [2.45, 2.75) is 52.2 Å². The lowest BCUT2D eigenvalue weighted by Crippen LogP contribution is -2.47. The van der Waals surface area contributed by atoms with Crippen molar-refractivity contribution in [2.24, 2.45) is 5.92 Å². The first kappa shape index (κ1) is 22.2. The number of amides is 1. The topological polar surface area (TPSA) is 50.8 Å². The molecule has 1 aliphatic heterocycles. The Morgan fingerprint density at radius 3 is 2.40 bits per heavy atom. The van der Waals surface area contributed by atoms with E-state index < -0.39 is 0 Å². The van der Waals surface area contributed by atoms with Crippen LogP contribution in [0.25, 0.3) is 0 Å². The van der Waals surface area contributed by atoms with E-state index in [0.717, 1.165) is 31.0 Å². The van der Waals surface area contributed by atoms with E-state index in [1.54, 1.807) is 14.2 Å². The van der Waals surface area contributed by atoms with Crippen molar-refractivity contribution in [2.75, 3.05) is 20.8 Å². The van der Waals surface area contributed by atoms with Gasteiger partial charge in [-0.25, -0.2) is 0 Å². The first-order valence-electron chi connectivity index (χ1n) is 10.7. The van der Waals surface area contributed by atoms with Crippen LogP contribution in [0.15, 0.2) is 42.5 Å². The van der Waals surface area contributed by atoms with Gasteiger partial charge in [0.1, 0.15) is 0 Å². The van der Waals surface area contributed by atoms with Gasteiger partial charge < -0.3 is 14.8 Å². The Hall–Kier alpha value is -2.53. The highest BCUT2D eigenvalue weighted by Crippen LogP contribution is 2.40. The maximum atomic E-state index is 12.5. The van der Waals surface area contributed by atoms with E-state index in [1.165, 1.54) is 16.7 Å². The normalized spacial score (nSPS) is 17.3. The van der Waals surface area contributed by atoms with Crippen LogP contribution < -0.4 is 14.8 Å². The van der Waals surface area contributed by atoms with Crippen molar-refractivity contribution < 1.29 is 14.3 Å². The Morgan fingerprint density at radius 2 is 1.77 bits per heavy atom. The van der Waals surface area contributed by atoms with Crippen LogP contribution in [-0.4, -0.2) is 37.6 Å². The van der Waals surface area contributed by atoms with Gasteiger partial charge in [-0.05, 0) is 48.1 Å². The Morgan fingerprint density at radius 1 is 1.10 bits per heavy atom. The monoisotopic (exact) mass is 410 g/mol. The summed E-state index contributed by atoms with van der Waals surface area (Å²) in [4.78, 5) is 15.0. The third-order valence-corrected chi connectivity index (χ3v) is 5.71. The highest BCUT2D eigenvalue weighted by molar-refractivity contribution is 5.76. The van der Waals surface area contributed by atoms with E-state index in [1.807, 2.05) is 6.07 Å². The van der Waals surface area contributed by atoms with Crippen molar-refractivity contribution >= 4 is 5.91 Å². The number of hydrogen-bond donors (Lipinski definition) is 1. The Bertz CT molecular complexity index is 851. The van der Waals surface area contributed by atoms with E-state index in [9.17, 15) is 4.79 Å². The van der Waals surface area contributed by atoms with Crippen molar-refractivity contribution in [3.63, 3.8) is 0 Å². The Kier molecular flexibility index (Phi) is 7.38. The SMILES string of the molecule is COc1cc2c(cc1OC)C(C(C)NC(=O)CC(C)C)N(Cc1ccccc1)CC2. The fourth-order valence-electron chi connectivity index (χ4n) is 4.37. The lowest BCUT2D eigenvalue weighted by Gasteiger charge is -2.41. The molecule has 0 saturated heterocycles. The molecule has 0 saturated carbocycles. The van der Waals surface area contributed by atoms with Gasteiger partial charge in [0, 0.05) is 25.6 Å². The second kappa shape index (κ2) is 9.98. The fraction of sp³-hybridized carbons (Fsp3) is 0.480. The molecule has 1 heterocycles. The zero-order valence-electron chi connectivity index (χ0n) is 18.8. The van der Waals surface area contributed by atoms with E-state index >= 15 is 0 Å². The third kappa shape index (κ3) is 5.14. The molecule has 2 unspecified atom stereocenters. The standard InChI is InChI=1S/C25H34N2O3/c1-17(2)13-24(28)26-18(3)25-21-15-23(30-5)22(29-4)14-20(21)11-12-27(25)16-19-9-7-6-8-10-19/h6-10,14-15,17-18,25H,11-13,16H2,1-5H3,(H,26,28). The number of methoxy groups -OCH3 is 2. The minimum Gasteiger partial charge on any atom is -0.493 e. The van der Waals surface area contributed by atoms with Crippen LogP contribution in [0, 0.1) is 5.92 Å². The Balaban J connectivity index is 1.95. The lowest BCUT2D eigenvalue weighted by molar-refractivity contribution is -0.122. The highest BCUT2D eigenvalue weighted by atomic mass is 16.5. The van der Waals surface area contributed by atoms with Crippen molar-refractivity contribution in [3.05, 3.63) is 59.2 Å². The molecule has 1 amide bonds. The largest absolute Gasteiger partial charge is 0.493 e. The van der Waals surface area contributed by atoms with Crippen LogP contribution in [0.2, 0.25) is 0 Å². The molecule has 0 radical (unpaired) electrons. The zero-order valence-corrected chi connectivity index (χ0v) is 18.8. The maximum absolute atomic E-state index is 12.5. The summed E-state index contributed by atoms with van der Waals surface area (Å²) in [6.45, 7) is 8.00. The molecule has 1 N–H and O–H groups in total. The zero-order chi connectivity index (χ0) is 21.7. The van der Waals surface area contributed by atoms with Crippen LogP contribution in [0.5, 0.6) is 11.5 Å². The lowest BCUT2D eigenvalue weighted by atomic mass is 9.87. The third-order valence-electron chi connectivity index (χ3n) is 5.71. The molecule has 2 atom stereocenters. The molecule has 0 bridgehead atoms. The van der Waals surface area contributed by atoms with Crippen molar-refractivity contribution in [1.29, 1.82) is 0 Å². The number of fused-ring (bicyclic) bond motifs is 1. The predicted octanol–water partition coefficient (Wildman–Crippen LogP) is 4.35. The van der Waals surface area contributed by atoms with Gasteiger partial charge in [0.15, 0.2) is 11.5 Å². The molecule has 0 aromatic heterocycles. The average Bonchev–Trinajstić information content (AvgIpc) is 2.72. The Labute approximate surface area is 180 Å². The number of carbonyl (C=O) groups is 1. The molecule has 0 spiro atoms. The summed E-state index contributed by atoms with van der Waals surface area (Å²) < 4.78 is 11.1. The van der Waals surface area contributed by atoms with E-state index in [4.69, 9.17) is 9.47 Å². The summed E-state index contributed by atoms with van der Waals surface area (Å²) in [6.07, 6.45) is 1.47. The summed E-state index contributed by atoms with van der Waals surface area (Å²) >= 11 is 0. The number of nitrogens with zero attached hydrogens (tertiary/aromatic N) is 1. The quantitative estimate of drug-likeness (QED) is 0.703. The number of benzene rings is 2. The summed E-state index contributed by atoms with van der Waals surface area (Å²) in [7, 11) is 3.33. The first-order valence-corrected chi connectivity index (χ1v) is 10.7. The minimum absolute atomic E-state index is 0.0305. The molecule has 2 aromatic rings. The fourth-order valence-corrected chi connectivity index (χ4v) is 4.37. The van der Waals surface area contributed by atoms with E-state index in [0.29, 0.717) is 12.3 Å². The van der Waals surface area contributed by atoms with Gasteiger partial charge in [-0.2, -0.15) is 0 Å². The van der Waals surface area contributed by atoms with Crippen molar-refractivity contribution in [3.8, 4) is 11.5 Å². The minimum atomic E-state index is -0.0305. The molecular formula is C25H34N2O3. The van der Waals surface area contributed by atoms with E-state index in [2.05, 4.69) is 67.4 Å². The van der Waals surface area contributed by atoms with Crippen LogP contribution in [0.1, 0.15) is 49.9 Å². The first-order chi connectivity index (χ1) is 14.4. The molecule has 2 aromatic carbocycles. The van der Waals surface area contributed by atoms with Gasteiger partial charge in [0.2, 0.25) is 5.91 Å². The van der Waals surface area contributed by atoms with Gasteiger partial charge in [-0.1, -0.05) is 44.2 Å². The second-order valence-electron chi connectivity index (χ2n) is 8.51. The van der Waals surface area contributed by atoms with Crippen molar-refractivity contribution in [1.82, 2.24) is 10.2 Å². The molecule has 3 rings (SSSR count). The maximum Gasteiger partial charge on any atom is 0.220 e. The number of ether oxygens (including phenoxy) is 2. The molecule has 0 fully saturated rings. The average molecular weight is 411 g/mol. The predicted molar refractivity (Wildman–Crippen MR) is 120 cm³/mol. The second-order valence-corrected chi connectivity index (χ2v) is 8.51. The van der Waals surface area contributed by atoms with Crippen LogP contribution >= 0.6 is 0 Å². The van der Waals surface area contributed by atoms with Gasteiger partial charge >= 0.3 is 0 Å². The molecule has 5 nitrogen and oxygen atoms in total. The molecule has 30 heavy (non-hydrogen) atoms. The molecule has 0 aliphatic carbocycles. The molecule has 5 heteroatoms. The van der Waals surface area contributed by atoms with Gasteiger partial charge in [-0.3, -0.25) is 9.69 Å². The number of nitrogens with one attached hydrogen (secondary N) is 1. The summed E-state index contributed by atoms with van der Waals surface area (Å²) in [6, 6.07) is 14.7.